The minimum absolute atomic E-state index is 0. The third kappa shape index (κ3) is 13.1. The topological polar surface area (TPSA) is 58.6 Å². The molecule has 0 bridgehead atoms. The van der Waals surface area contributed by atoms with E-state index < -0.39 is 7.82 Å². The first-order valence-corrected chi connectivity index (χ1v) is 10.0. The van der Waals surface area contributed by atoms with E-state index in [0.717, 1.165) is 51.4 Å². The Morgan fingerprint density at radius 3 is 1.50 bits per heavy atom. The summed E-state index contributed by atoms with van der Waals surface area (Å²) in [6.07, 6.45) is 8.38. The number of rotatable bonds is 14. The van der Waals surface area contributed by atoms with Gasteiger partial charge < -0.3 is 13.9 Å². The van der Waals surface area contributed by atoms with Gasteiger partial charge in [-0.1, -0.05) is 66.2 Å². The predicted molar refractivity (Wildman–Crippen MR) is 86.1 cm³/mol. The number of hydrogen-bond donors (Lipinski definition) is 0. The summed E-state index contributed by atoms with van der Waals surface area (Å²) in [6.45, 7) is 8.91. The molecule has 0 aromatic carbocycles. The number of unbranched alkanes of at least 4 members (excludes halogenated alkanes) is 2. The van der Waals surface area contributed by atoms with Crippen LogP contribution in [0.4, 0.5) is 0 Å². The monoisotopic (exact) mass is 373 g/mol. The third-order valence-electron chi connectivity index (χ3n) is 4.02. The molecule has 0 aliphatic rings. The summed E-state index contributed by atoms with van der Waals surface area (Å²) in [7, 11) is -4.14. The largest absolute Gasteiger partial charge is 2.00 e. The maximum absolute atomic E-state index is 11.8. The van der Waals surface area contributed by atoms with E-state index in [1.165, 1.54) is 0 Å². The number of phosphoric acid groups is 1. The molecule has 0 saturated heterocycles. The predicted octanol–water partition coefficient (Wildman–Crippen LogP) is 4.92. The Balaban J connectivity index is 0. The Hall–Kier alpha value is 0.642. The fraction of sp³-hybridized carbons (Fsp3) is 1.00. The van der Waals surface area contributed by atoms with Crippen molar-refractivity contribution >= 4 is 7.82 Å². The Morgan fingerprint density at radius 2 is 1.23 bits per heavy atom. The van der Waals surface area contributed by atoms with Crippen molar-refractivity contribution in [2.24, 2.45) is 11.8 Å². The van der Waals surface area contributed by atoms with Crippen LogP contribution >= 0.6 is 7.82 Å². The Kier molecular flexibility index (Phi) is 17.2. The molecule has 0 aliphatic carbocycles. The summed E-state index contributed by atoms with van der Waals surface area (Å²) in [5, 5.41) is 0. The van der Waals surface area contributed by atoms with Crippen molar-refractivity contribution < 1.29 is 35.9 Å². The van der Waals surface area contributed by atoms with Gasteiger partial charge in [-0.25, -0.2) is 0 Å². The summed E-state index contributed by atoms with van der Waals surface area (Å²) >= 11 is 0. The molecule has 0 spiro atoms. The van der Waals surface area contributed by atoms with Crippen LogP contribution in [-0.2, 0) is 31.0 Å². The fourth-order valence-corrected chi connectivity index (χ4v) is 3.09. The standard InChI is InChI=1S/C16H35O4P.Cr/c1-5-9-11-15(7-3)13-19-21(17,18)20-14-16(8-4)12-10-6-2;/h15-16H,5-14H2,1-4H3,(H,17,18);/q;+2/p-1. The van der Waals surface area contributed by atoms with Crippen molar-refractivity contribution in [3.05, 3.63) is 0 Å². The van der Waals surface area contributed by atoms with Crippen molar-refractivity contribution in [2.75, 3.05) is 13.2 Å². The van der Waals surface area contributed by atoms with E-state index in [2.05, 4.69) is 27.7 Å². The van der Waals surface area contributed by atoms with Gasteiger partial charge in [0.25, 0.3) is 7.82 Å². The van der Waals surface area contributed by atoms with Crippen LogP contribution in [0.1, 0.15) is 79.1 Å². The average Bonchev–Trinajstić information content (AvgIpc) is 2.47. The molecular weight excluding hydrogens is 339 g/mol. The summed E-state index contributed by atoms with van der Waals surface area (Å²) in [6, 6.07) is 0. The Bertz CT molecular complexity index is 265. The van der Waals surface area contributed by atoms with Gasteiger partial charge in [0, 0.05) is 0 Å². The maximum atomic E-state index is 11.8. The number of phosphoric ester groups is 1. The zero-order valence-electron chi connectivity index (χ0n) is 14.7. The SMILES string of the molecule is CCCCC(CC)COP(=O)([O-])OCC(CC)CCCC.[Cr+2]. The normalized spacial score (nSPS) is 16.6. The van der Waals surface area contributed by atoms with Crippen LogP contribution in [0.15, 0.2) is 0 Å². The molecule has 0 N–H and O–H groups in total. The van der Waals surface area contributed by atoms with Gasteiger partial charge in [-0.15, -0.1) is 0 Å². The van der Waals surface area contributed by atoms with Crippen molar-refractivity contribution in [2.45, 2.75) is 79.1 Å². The van der Waals surface area contributed by atoms with E-state index in [1.54, 1.807) is 0 Å². The molecule has 0 amide bonds. The second-order valence-electron chi connectivity index (χ2n) is 5.87. The molecule has 6 heteroatoms. The first-order valence-electron chi connectivity index (χ1n) is 8.59. The second-order valence-corrected chi connectivity index (χ2v) is 7.28. The molecule has 2 atom stereocenters. The molecule has 4 nitrogen and oxygen atoms in total. The number of hydrogen-bond acceptors (Lipinski definition) is 4. The summed E-state index contributed by atoms with van der Waals surface area (Å²) in [4.78, 5) is 11.8. The van der Waals surface area contributed by atoms with Gasteiger partial charge in [0.15, 0.2) is 0 Å². The summed E-state index contributed by atoms with van der Waals surface area (Å²) in [5.74, 6) is 0.607. The van der Waals surface area contributed by atoms with Crippen LogP contribution in [-0.4, -0.2) is 13.2 Å². The fourth-order valence-electron chi connectivity index (χ4n) is 2.23. The molecule has 0 aromatic heterocycles. The molecule has 0 saturated carbocycles. The minimum Gasteiger partial charge on any atom is -0.756 e. The first kappa shape index (κ1) is 24.9. The quantitative estimate of drug-likeness (QED) is 0.406. The van der Waals surface area contributed by atoms with Crippen molar-refractivity contribution in [3.8, 4) is 0 Å². The van der Waals surface area contributed by atoms with E-state index in [1.807, 2.05) is 0 Å². The van der Waals surface area contributed by atoms with Crippen molar-refractivity contribution in [1.82, 2.24) is 0 Å². The van der Waals surface area contributed by atoms with E-state index in [-0.39, 0.29) is 30.6 Å². The zero-order chi connectivity index (χ0) is 16.1. The van der Waals surface area contributed by atoms with Gasteiger partial charge >= 0.3 is 17.4 Å². The van der Waals surface area contributed by atoms with Gasteiger partial charge in [-0.2, -0.15) is 0 Å². The zero-order valence-corrected chi connectivity index (χ0v) is 16.9. The molecule has 0 heterocycles. The molecule has 0 aromatic rings. The van der Waals surface area contributed by atoms with Crippen LogP contribution in [0.3, 0.4) is 0 Å². The smallest absolute Gasteiger partial charge is 0.756 e. The minimum atomic E-state index is -4.14. The van der Waals surface area contributed by atoms with E-state index in [0.29, 0.717) is 11.8 Å². The van der Waals surface area contributed by atoms with Crippen molar-refractivity contribution in [3.63, 3.8) is 0 Å². The van der Waals surface area contributed by atoms with Crippen molar-refractivity contribution in [1.29, 1.82) is 0 Å². The van der Waals surface area contributed by atoms with Crippen LogP contribution in [0.2, 0.25) is 0 Å². The van der Waals surface area contributed by atoms with Gasteiger partial charge in [0.1, 0.15) is 0 Å². The molecular formula is C16H34CrO4P+. The summed E-state index contributed by atoms with van der Waals surface area (Å²) < 4.78 is 21.9. The van der Waals surface area contributed by atoms with Gasteiger partial charge in [-0.05, 0) is 24.7 Å². The maximum Gasteiger partial charge on any atom is 2.00 e. The average molecular weight is 373 g/mol. The van der Waals surface area contributed by atoms with E-state index >= 15 is 0 Å². The van der Waals surface area contributed by atoms with Gasteiger partial charge in [0.2, 0.25) is 0 Å². The molecule has 0 rings (SSSR count). The summed E-state index contributed by atoms with van der Waals surface area (Å²) in [5.41, 5.74) is 0. The Morgan fingerprint density at radius 1 is 0.864 bits per heavy atom. The van der Waals surface area contributed by atoms with Crippen LogP contribution in [0.5, 0.6) is 0 Å². The van der Waals surface area contributed by atoms with E-state index in [9.17, 15) is 9.46 Å². The van der Waals surface area contributed by atoms with Gasteiger partial charge in [-0.3, -0.25) is 4.57 Å². The van der Waals surface area contributed by atoms with Crippen LogP contribution in [0, 0.1) is 11.8 Å². The molecule has 2 unspecified atom stereocenters. The molecule has 0 radical (unpaired) electrons. The van der Waals surface area contributed by atoms with Gasteiger partial charge in [0.05, 0.1) is 13.2 Å². The van der Waals surface area contributed by atoms with Crippen LogP contribution < -0.4 is 4.89 Å². The third-order valence-corrected chi connectivity index (χ3v) is 4.95. The molecule has 0 fully saturated rings. The molecule has 22 heavy (non-hydrogen) atoms. The second kappa shape index (κ2) is 15.2. The molecule has 132 valence electrons. The van der Waals surface area contributed by atoms with Crippen LogP contribution in [0.25, 0.3) is 0 Å². The Labute approximate surface area is 148 Å². The first-order chi connectivity index (χ1) is 9.99. The molecule has 0 aliphatic heterocycles. The van der Waals surface area contributed by atoms with E-state index in [4.69, 9.17) is 9.05 Å².